The number of hydrogen-bond donors (Lipinski definition) is 0. The molecule has 0 radical (unpaired) electrons. The number of hydrogen-bond acceptors (Lipinski definition) is 6. The molecule has 23 heavy (non-hydrogen) atoms. The van der Waals surface area contributed by atoms with Gasteiger partial charge in [0.15, 0.2) is 0 Å². The van der Waals surface area contributed by atoms with E-state index in [1.54, 1.807) is 25.3 Å². The Morgan fingerprint density at radius 2 is 1.87 bits per heavy atom. The second-order valence-corrected chi connectivity index (χ2v) is 6.22. The number of ether oxygens (including phenoxy) is 1. The summed E-state index contributed by atoms with van der Waals surface area (Å²) in [6, 6.07) is 14.5. The molecule has 0 N–H and O–H groups in total. The predicted octanol–water partition coefficient (Wildman–Crippen LogP) is 4.44. The van der Waals surface area contributed by atoms with E-state index in [9.17, 15) is 4.79 Å². The van der Waals surface area contributed by atoms with Crippen molar-refractivity contribution >= 4 is 32.8 Å². The quantitative estimate of drug-likeness (QED) is 0.613. The van der Waals surface area contributed by atoms with Crippen molar-refractivity contribution in [3.8, 4) is 17.2 Å². The predicted molar refractivity (Wildman–Crippen MR) is 90.6 cm³/mol. The molecule has 3 aromatic rings. The van der Waals surface area contributed by atoms with Crippen molar-refractivity contribution in [2.45, 2.75) is 5.22 Å². The molecule has 0 saturated heterocycles. The van der Waals surface area contributed by atoms with Crippen molar-refractivity contribution in [3.63, 3.8) is 0 Å². The van der Waals surface area contributed by atoms with Crippen LogP contribution in [-0.4, -0.2) is 22.4 Å². The van der Waals surface area contributed by atoms with E-state index in [1.807, 2.05) is 30.3 Å². The minimum atomic E-state index is -0.173. The summed E-state index contributed by atoms with van der Waals surface area (Å²) in [4.78, 5) is 12.3. The maximum atomic E-state index is 12.3. The van der Waals surface area contributed by atoms with Crippen LogP contribution < -0.4 is 4.74 Å². The molecule has 116 valence electrons. The molecule has 0 aliphatic rings. The summed E-state index contributed by atoms with van der Waals surface area (Å²) in [5.74, 6) is 0.940. The first-order valence-corrected chi connectivity index (χ1v) is 8.23. The van der Waals surface area contributed by atoms with Gasteiger partial charge >= 0.3 is 0 Å². The minimum Gasteiger partial charge on any atom is -0.496 e. The summed E-state index contributed by atoms with van der Waals surface area (Å²) in [5.41, 5.74) is 1.23. The minimum absolute atomic E-state index is 0.173. The van der Waals surface area contributed by atoms with Crippen molar-refractivity contribution in [2.75, 3.05) is 7.11 Å². The van der Waals surface area contributed by atoms with Crippen molar-refractivity contribution < 1.29 is 13.9 Å². The number of para-hydroxylation sites is 1. The van der Waals surface area contributed by atoms with Crippen LogP contribution in [0.2, 0.25) is 0 Å². The van der Waals surface area contributed by atoms with Gasteiger partial charge in [0, 0.05) is 21.8 Å². The number of thioether (sulfide) groups is 1. The summed E-state index contributed by atoms with van der Waals surface area (Å²) in [5, 5.41) is 7.91. The van der Waals surface area contributed by atoms with E-state index in [0.29, 0.717) is 22.8 Å². The summed E-state index contributed by atoms with van der Waals surface area (Å²) in [7, 11) is 1.57. The van der Waals surface area contributed by atoms with Gasteiger partial charge in [0.05, 0.1) is 12.7 Å². The first-order chi connectivity index (χ1) is 11.2. The molecular formula is C16H11BrN2O3S. The van der Waals surface area contributed by atoms with Crippen LogP contribution in [0.5, 0.6) is 5.75 Å². The normalized spacial score (nSPS) is 10.5. The van der Waals surface area contributed by atoms with Gasteiger partial charge in [0.25, 0.3) is 11.1 Å². The molecule has 3 rings (SSSR count). The number of halogens is 1. The van der Waals surface area contributed by atoms with Crippen molar-refractivity contribution in [3.05, 3.63) is 58.6 Å². The topological polar surface area (TPSA) is 65.2 Å². The van der Waals surface area contributed by atoms with Crippen molar-refractivity contribution in [1.29, 1.82) is 0 Å². The zero-order valence-corrected chi connectivity index (χ0v) is 14.4. The van der Waals surface area contributed by atoms with E-state index in [0.717, 1.165) is 16.2 Å². The summed E-state index contributed by atoms with van der Waals surface area (Å²) < 4.78 is 11.6. The molecule has 0 spiro atoms. The second-order valence-electron chi connectivity index (χ2n) is 4.44. The molecule has 0 bridgehead atoms. The Balaban J connectivity index is 1.83. The van der Waals surface area contributed by atoms with Crippen molar-refractivity contribution in [2.24, 2.45) is 0 Å². The Morgan fingerprint density at radius 3 is 2.65 bits per heavy atom. The van der Waals surface area contributed by atoms with Crippen LogP contribution in [0.3, 0.4) is 0 Å². The second kappa shape index (κ2) is 6.97. The van der Waals surface area contributed by atoms with Crippen LogP contribution in [0.1, 0.15) is 10.4 Å². The first kappa shape index (κ1) is 15.8. The molecule has 0 saturated carbocycles. The monoisotopic (exact) mass is 390 g/mol. The smallest absolute Gasteiger partial charge is 0.284 e. The fourth-order valence-corrected chi connectivity index (χ4v) is 3.19. The van der Waals surface area contributed by atoms with E-state index >= 15 is 0 Å². The molecule has 1 aromatic heterocycles. The summed E-state index contributed by atoms with van der Waals surface area (Å²) >= 11 is 4.24. The lowest BCUT2D eigenvalue weighted by atomic mass is 10.2. The lowest BCUT2D eigenvalue weighted by Crippen LogP contribution is -1.94. The molecule has 0 unspecified atom stereocenters. The lowest BCUT2D eigenvalue weighted by Gasteiger charge is -2.03. The van der Waals surface area contributed by atoms with E-state index < -0.39 is 0 Å². The summed E-state index contributed by atoms with van der Waals surface area (Å²) in [6.45, 7) is 0. The van der Waals surface area contributed by atoms with E-state index in [1.165, 1.54) is 0 Å². The molecule has 0 amide bonds. The number of carbonyl (C=O) groups excluding carboxylic acids is 1. The van der Waals surface area contributed by atoms with Gasteiger partial charge in [-0.15, -0.1) is 10.2 Å². The van der Waals surface area contributed by atoms with E-state index in [2.05, 4.69) is 26.1 Å². The molecular weight excluding hydrogens is 380 g/mol. The van der Waals surface area contributed by atoms with Gasteiger partial charge in [-0.2, -0.15) is 0 Å². The van der Waals surface area contributed by atoms with Gasteiger partial charge < -0.3 is 9.15 Å². The molecule has 7 heteroatoms. The zero-order valence-electron chi connectivity index (χ0n) is 12.0. The lowest BCUT2D eigenvalue weighted by molar-refractivity contribution is 0.108. The molecule has 0 fully saturated rings. The average Bonchev–Trinajstić information content (AvgIpc) is 3.03. The highest BCUT2D eigenvalue weighted by molar-refractivity contribution is 9.10. The number of aromatic nitrogens is 2. The van der Waals surface area contributed by atoms with E-state index in [-0.39, 0.29) is 10.3 Å². The number of carbonyl (C=O) groups is 1. The molecule has 5 nitrogen and oxygen atoms in total. The Kier molecular flexibility index (Phi) is 4.78. The molecule has 1 heterocycles. The van der Waals surface area contributed by atoms with Gasteiger partial charge in [-0.3, -0.25) is 4.79 Å². The number of methoxy groups -OCH3 is 1. The third kappa shape index (κ3) is 3.46. The Morgan fingerprint density at radius 1 is 1.13 bits per heavy atom. The van der Waals surface area contributed by atoms with E-state index in [4.69, 9.17) is 9.15 Å². The summed E-state index contributed by atoms with van der Waals surface area (Å²) in [6.07, 6.45) is 0. The van der Waals surface area contributed by atoms with Crippen LogP contribution in [0.25, 0.3) is 11.5 Å². The highest BCUT2D eigenvalue weighted by Crippen LogP contribution is 2.32. The van der Waals surface area contributed by atoms with Gasteiger partial charge in [0.2, 0.25) is 5.12 Å². The van der Waals surface area contributed by atoms with Crippen molar-refractivity contribution in [1.82, 2.24) is 10.2 Å². The van der Waals surface area contributed by atoms with Crippen LogP contribution in [0.4, 0.5) is 0 Å². The zero-order chi connectivity index (χ0) is 16.2. The average molecular weight is 391 g/mol. The molecule has 2 aromatic carbocycles. The molecule has 0 aliphatic heterocycles. The first-order valence-electron chi connectivity index (χ1n) is 6.62. The van der Waals surface area contributed by atoms with Gasteiger partial charge in [-0.05, 0) is 24.3 Å². The Hall–Kier alpha value is -2.12. The van der Waals surface area contributed by atoms with Crippen LogP contribution in [0.15, 0.2) is 62.6 Å². The fraction of sp³-hybridized carbons (Fsp3) is 0.0625. The van der Waals surface area contributed by atoms with Crippen LogP contribution >= 0.6 is 27.7 Å². The third-order valence-corrected chi connectivity index (χ3v) is 4.45. The number of rotatable bonds is 4. The fourth-order valence-electron chi connectivity index (χ4n) is 1.94. The van der Waals surface area contributed by atoms with Gasteiger partial charge in [-0.25, -0.2) is 0 Å². The highest BCUT2D eigenvalue weighted by atomic mass is 79.9. The van der Waals surface area contributed by atoms with Gasteiger partial charge in [0.1, 0.15) is 5.75 Å². The third-order valence-electron chi connectivity index (χ3n) is 3.02. The van der Waals surface area contributed by atoms with Crippen LogP contribution in [-0.2, 0) is 0 Å². The molecule has 0 aliphatic carbocycles. The Labute approximate surface area is 145 Å². The van der Waals surface area contributed by atoms with Gasteiger partial charge in [-0.1, -0.05) is 40.2 Å². The Bertz CT molecular complexity index is 851. The molecule has 0 atom stereocenters. The largest absolute Gasteiger partial charge is 0.496 e. The standard InChI is InChI=1S/C16H11BrN2O3S/c1-21-13-9-5-3-7-11(13)14-18-19-16(22-14)23-15(20)10-6-2-4-8-12(10)17/h2-9H,1H3. The SMILES string of the molecule is COc1ccccc1-c1nnc(SC(=O)c2ccccc2Br)o1. The number of benzene rings is 2. The maximum Gasteiger partial charge on any atom is 0.284 e. The van der Waals surface area contributed by atoms with Crippen LogP contribution in [0, 0.1) is 0 Å². The maximum absolute atomic E-state index is 12.3. The highest BCUT2D eigenvalue weighted by Gasteiger charge is 2.18. The number of nitrogens with zero attached hydrogens (tertiary/aromatic N) is 2.